The molecule has 0 bridgehead atoms. The van der Waals surface area contributed by atoms with Crippen molar-refractivity contribution in [1.82, 2.24) is 5.32 Å². The highest BCUT2D eigenvalue weighted by molar-refractivity contribution is 5.03. The van der Waals surface area contributed by atoms with E-state index in [0.717, 1.165) is 12.5 Å². The molecule has 0 aliphatic heterocycles. The topological polar surface area (TPSA) is 21.3 Å². The standard InChI is InChI=1S/C18H35NO/c1-6-20-16-11-15(17(16,4)5)19-13-18(12-14(2)3)9-7-8-10-18/h14-16,19H,6-13H2,1-5H3. The smallest absolute Gasteiger partial charge is 0.0655 e. The summed E-state index contributed by atoms with van der Waals surface area (Å²) in [4.78, 5) is 0. The molecule has 1 N–H and O–H groups in total. The zero-order chi connectivity index (χ0) is 14.8. The Labute approximate surface area is 126 Å². The number of rotatable bonds is 7. The van der Waals surface area contributed by atoms with Crippen LogP contribution in [0.4, 0.5) is 0 Å². The van der Waals surface area contributed by atoms with Crippen molar-refractivity contribution in [2.75, 3.05) is 13.2 Å². The molecule has 2 nitrogen and oxygen atoms in total. The molecular formula is C18H35NO. The Balaban J connectivity index is 1.85. The molecule has 0 saturated heterocycles. The van der Waals surface area contributed by atoms with Crippen molar-refractivity contribution in [2.45, 2.75) is 85.3 Å². The van der Waals surface area contributed by atoms with Gasteiger partial charge in [-0.3, -0.25) is 0 Å². The van der Waals surface area contributed by atoms with Gasteiger partial charge in [-0.1, -0.05) is 40.5 Å². The maximum atomic E-state index is 5.84. The molecule has 2 aliphatic carbocycles. The Morgan fingerprint density at radius 3 is 2.35 bits per heavy atom. The molecule has 0 spiro atoms. The molecule has 118 valence electrons. The Morgan fingerprint density at radius 2 is 1.85 bits per heavy atom. The maximum absolute atomic E-state index is 5.84. The highest BCUT2D eigenvalue weighted by atomic mass is 16.5. The van der Waals surface area contributed by atoms with Crippen LogP contribution in [0, 0.1) is 16.7 Å². The van der Waals surface area contributed by atoms with E-state index in [9.17, 15) is 0 Å². The molecule has 2 fully saturated rings. The fraction of sp³-hybridized carbons (Fsp3) is 1.00. The first-order valence-electron chi connectivity index (χ1n) is 8.74. The van der Waals surface area contributed by atoms with Crippen LogP contribution in [0.15, 0.2) is 0 Å². The van der Waals surface area contributed by atoms with E-state index in [1.54, 1.807) is 0 Å². The molecular weight excluding hydrogens is 246 g/mol. The van der Waals surface area contributed by atoms with Crippen LogP contribution in [0.2, 0.25) is 0 Å². The van der Waals surface area contributed by atoms with Gasteiger partial charge in [-0.05, 0) is 43.9 Å². The molecule has 2 heteroatoms. The van der Waals surface area contributed by atoms with E-state index in [4.69, 9.17) is 4.74 Å². The summed E-state index contributed by atoms with van der Waals surface area (Å²) >= 11 is 0. The number of hydrogen-bond donors (Lipinski definition) is 1. The minimum absolute atomic E-state index is 0.299. The van der Waals surface area contributed by atoms with Crippen molar-refractivity contribution in [3.63, 3.8) is 0 Å². The van der Waals surface area contributed by atoms with Crippen molar-refractivity contribution in [2.24, 2.45) is 16.7 Å². The Morgan fingerprint density at radius 1 is 1.20 bits per heavy atom. The van der Waals surface area contributed by atoms with Crippen molar-refractivity contribution in [3.05, 3.63) is 0 Å². The molecule has 2 atom stereocenters. The maximum Gasteiger partial charge on any atom is 0.0655 e. The van der Waals surface area contributed by atoms with Crippen LogP contribution in [0.1, 0.15) is 73.1 Å². The molecule has 0 radical (unpaired) electrons. The van der Waals surface area contributed by atoms with Crippen molar-refractivity contribution in [1.29, 1.82) is 0 Å². The van der Waals surface area contributed by atoms with Gasteiger partial charge in [-0.25, -0.2) is 0 Å². The summed E-state index contributed by atoms with van der Waals surface area (Å²) in [5, 5.41) is 3.91. The fourth-order valence-electron chi connectivity index (χ4n) is 4.50. The minimum Gasteiger partial charge on any atom is -0.378 e. The van der Waals surface area contributed by atoms with Crippen LogP contribution < -0.4 is 5.32 Å². The lowest BCUT2D eigenvalue weighted by Gasteiger charge is -2.53. The summed E-state index contributed by atoms with van der Waals surface area (Å²) in [7, 11) is 0. The van der Waals surface area contributed by atoms with Crippen LogP contribution in [-0.4, -0.2) is 25.3 Å². The van der Waals surface area contributed by atoms with Crippen LogP contribution in [-0.2, 0) is 4.74 Å². The second-order valence-corrected chi connectivity index (χ2v) is 8.24. The van der Waals surface area contributed by atoms with Crippen LogP contribution in [0.5, 0.6) is 0 Å². The molecule has 20 heavy (non-hydrogen) atoms. The minimum atomic E-state index is 0.299. The van der Waals surface area contributed by atoms with Gasteiger partial charge < -0.3 is 10.1 Å². The molecule has 0 aromatic carbocycles. The Hall–Kier alpha value is -0.0800. The van der Waals surface area contributed by atoms with E-state index >= 15 is 0 Å². The Bertz CT molecular complexity index is 305. The van der Waals surface area contributed by atoms with Gasteiger partial charge in [0.15, 0.2) is 0 Å². The van der Waals surface area contributed by atoms with Gasteiger partial charge >= 0.3 is 0 Å². The molecule has 2 saturated carbocycles. The predicted octanol–water partition coefficient (Wildman–Crippen LogP) is 4.39. The second-order valence-electron chi connectivity index (χ2n) is 8.24. The summed E-state index contributed by atoms with van der Waals surface area (Å²) in [6.45, 7) is 13.6. The van der Waals surface area contributed by atoms with Gasteiger partial charge in [0.1, 0.15) is 0 Å². The fourth-order valence-corrected chi connectivity index (χ4v) is 4.50. The van der Waals surface area contributed by atoms with Crippen molar-refractivity contribution in [3.8, 4) is 0 Å². The van der Waals surface area contributed by atoms with E-state index in [1.807, 2.05) is 0 Å². The van der Waals surface area contributed by atoms with Gasteiger partial charge in [-0.2, -0.15) is 0 Å². The summed E-state index contributed by atoms with van der Waals surface area (Å²) in [5.74, 6) is 0.820. The summed E-state index contributed by atoms with van der Waals surface area (Å²) < 4.78 is 5.84. The summed E-state index contributed by atoms with van der Waals surface area (Å²) in [5.41, 5.74) is 0.884. The average molecular weight is 281 g/mol. The van der Waals surface area contributed by atoms with Crippen molar-refractivity contribution < 1.29 is 4.74 Å². The molecule has 0 aromatic rings. The van der Waals surface area contributed by atoms with Crippen LogP contribution >= 0.6 is 0 Å². The third kappa shape index (κ3) is 3.39. The number of nitrogens with one attached hydrogen (secondary N) is 1. The zero-order valence-electron chi connectivity index (χ0n) is 14.3. The first-order chi connectivity index (χ1) is 9.39. The molecule has 0 amide bonds. The van der Waals surface area contributed by atoms with E-state index in [1.165, 1.54) is 45.1 Å². The third-order valence-corrected chi connectivity index (χ3v) is 5.77. The number of ether oxygens (including phenoxy) is 1. The monoisotopic (exact) mass is 281 g/mol. The molecule has 2 rings (SSSR count). The highest BCUT2D eigenvalue weighted by Crippen LogP contribution is 2.46. The quantitative estimate of drug-likeness (QED) is 0.747. The van der Waals surface area contributed by atoms with Gasteiger partial charge in [0.05, 0.1) is 6.10 Å². The second kappa shape index (κ2) is 6.36. The van der Waals surface area contributed by atoms with Crippen molar-refractivity contribution >= 4 is 0 Å². The average Bonchev–Trinajstić information content (AvgIpc) is 2.80. The lowest BCUT2D eigenvalue weighted by Crippen LogP contribution is -2.62. The summed E-state index contributed by atoms with van der Waals surface area (Å²) in [6, 6.07) is 0.642. The molecule has 0 heterocycles. The lowest BCUT2D eigenvalue weighted by atomic mass is 9.64. The van der Waals surface area contributed by atoms with E-state index in [0.29, 0.717) is 23.0 Å². The largest absolute Gasteiger partial charge is 0.378 e. The van der Waals surface area contributed by atoms with Gasteiger partial charge in [0.2, 0.25) is 0 Å². The molecule has 0 aromatic heterocycles. The van der Waals surface area contributed by atoms with Gasteiger partial charge in [0, 0.05) is 24.6 Å². The SMILES string of the molecule is CCOC1CC(NCC2(CC(C)C)CCCC2)C1(C)C. The van der Waals surface area contributed by atoms with E-state index in [2.05, 4.69) is 39.9 Å². The first-order valence-corrected chi connectivity index (χ1v) is 8.74. The first kappa shape index (κ1) is 16.3. The predicted molar refractivity (Wildman–Crippen MR) is 86.0 cm³/mol. The normalized spacial score (nSPS) is 31.5. The van der Waals surface area contributed by atoms with E-state index in [-0.39, 0.29) is 0 Å². The van der Waals surface area contributed by atoms with Gasteiger partial charge in [-0.15, -0.1) is 0 Å². The lowest BCUT2D eigenvalue weighted by molar-refractivity contribution is -0.116. The van der Waals surface area contributed by atoms with E-state index < -0.39 is 0 Å². The Kier molecular flexibility index (Phi) is 5.18. The molecule has 2 unspecified atom stereocenters. The summed E-state index contributed by atoms with van der Waals surface area (Å²) in [6.07, 6.45) is 8.77. The number of hydrogen-bond acceptors (Lipinski definition) is 2. The molecule has 2 aliphatic rings. The third-order valence-electron chi connectivity index (χ3n) is 5.77. The van der Waals surface area contributed by atoms with Crippen LogP contribution in [0.25, 0.3) is 0 Å². The zero-order valence-corrected chi connectivity index (χ0v) is 14.3. The highest BCUT2D eigenvalue weighted by Gasteiger charge is 2.49. The van der Waals surface area contributed by atoms with Crippen LogP contribution in [0.3, 0.4) is 0 Å². The van der Waals surface area contributed by atoms with Gasteiger partial charge in [0.25, 0.3) is 0 Å².